The summed E-state index contributed by atoms with van der Waals surface area (Å²) in [7, 11) is 0. The number of nitrogen functional groups attached to an aromatic ring is 1. The minimum atomic E-state index is 0.277. The van der Waals surface area contributed by atoms with Crippen molar-refractivity contribution >= 4 is 17.6 Å². The standard InChI is InChI=1S/C14H13N5OS/c1-9-4-2-3-5-10(9)21-8-11-18-14(20-19-11)12-13(15)17-7-6-16-12/h2-7H,8H2,1H3,(H2,15,17). The summed E-state index contributed by atoms with van der Waals surface area (Å²) < 4.78 is 5.19. The first-order valence-electron chi connectivity index (χ1n) is 6.32. The number of nitrogens with zero attached hydrogens (tertiary/aromatic N) is 4. The molecule has 2 N–H and O–H groups in total. The molecule has 0 bridgehead atoms. The lowest BCUT2D eigenvalue weighted by molar-refractivity contribution is 0.424. The summed E-state index contributed by atoms with van der Waals surface area (Å²) in [5, 5.41) is 3.95. The Morgan fingerprint density at radius 2 is 2.00 bits per heavy atom. The third-order valence-electron chi connectivity index (χ3n) is 2.85. The van der Waals surface area contributed by atoms with E-state index in [0.29, 0.717) is 23.2 Å². The van der Waals surface area contributed by atoms with Gasteiger partial charge in [0.15, 0.2) is 17.3 Å². The highest BCUT2D eigenvalue weighted by molar-refractivity contribution is 7.98. The molecule has 0 amide bonds. The summed E-state index contributed by atoms with van der Waals surface area (Å²) in [6.07, 6.45) is 3.06. The number of hydrogen-bond acceptors (Lipinski definition) is 7. The molecule has 21 heavy (non-hydrogen) atoms. The van der Waals surface area contributed by atoms with Crippen molar-refractivity contribution in [2.45, 2.75) is 17.6 Å². The van der Waals surface area contributed by atoms with Crippen molar-refractivity contribution < 1.29 is 4.52 Å². The molecular weight excluding hydrogens is 286 g/mol. The Hall–Kier alpha value is -2.41. The van der Waals surface area contributed by atoms with Crippen LogP contribution in [0.5, 0.6) is 0 Å². The third kappa shape index (κ3) is 3.03. The van der Waals surface area contributed by atoms with Crippen molar-refractivity contribution in [2.75, 3.05) is 5.73 Å². The van der Waals surface area contributed by atoms with Crippen LogP contribution in [0.1, 0.15) is 11.4 Å². The maximum Gasteiger partial charge on any atom is 0.280 e. The Labute approximate surface area is 125 Å². The first kappa shape index (κ1) is 13.6. The highest BCUT2D eigenvalue weighted by Crippen LogP contribution is 2.26. The molecule has 0 aliphatic rings. The molecule has 3 aromatic rings. The molecule has 0 aliphatic heterocycles. The Kier molecular flexibility index (Phi) is 3.83. The molecule has 0 atom stereocenters. The minimum Gasteiger partial charge on any atom is -0.382 e. The lowest BCUT2D eigenvalue weighted by Gasteiger charge is -2.01. The molecule has 0 spiro atoms. The summed E-state index contributed by atoms with van der Waals surface area (Å²) in [4.78, 5) is 13.6. The van der Waals surface area contributed by atoms with E-state index in [-0.39, 0.29) is 5.82 Å². The van der Waals surface area contributed by atoms with Crippen molar-refractivity contribution in [3.63, 3.8) is 0 Å². The highest BCUT2D eigenvalue weighted by atomic mass is 32.2. The van der Waals surface area contributed by atoms with Crippen LogP contribution in [-0.4, -0.2) is 20.1 Å². The van der Waals surface area contributed by atoms with Gasteiger partial charge >= 0.3 is 0 Å². The van der Waals surface area contributed by atoms with Gasteiger partial charge in [-0.3, -0.25) is 0 Å². The van der Waals surface area contributed by atoms with Crippen molar-refractivity contribution in [2.24, 2.45) is 0 Å². The lowest BCUT2D eigenvalue weighted by Crippen LogP contribution is -1.96. The fraction of sp³-hybridized carbons (Fsp3) is 0.143. The molecule has 106 valence electrons. The van der Waals surface area contributed by atoms with Gasteiger partial charge in [-0.15, -0.1) is 11.8 Å². The number of benzene rings is 1. The second-order valence-electron chi connectivity index (χ2n) is 4.36. The summed E-state index contributed by atoms with van der Waals surface area (Å²) in [5.41, 5.74) is 7.38. The van der Waals surface area contributed by atoms with Crippen LogP contribution in [0.3, 0.4) is 0 Å². The predicted molar refractivity (Wildman–Crippen MR) is 80.5 cm³/mol. The summed E-state index contributed by atoms with van der Waals surface area (Å²) >= 11 is 1.66. The number of nitrogens with two attached hydrogens (primary N) is 1. The summed E-state index contributed by atoms with van der Waals surface area (Å²) in [6, 6.07) is 8.17. The van der Waals surface area contributed by atoms with E-state index in [1.165, 1.54) is 22.9 Å². The summed E-state index contributed by atoms with van der Waals surface area (Å²) in [6.45, 7) is 2.07. The van der Waals surface area contributed by atoms with Gasteiger partial charge in [0.1, 0.15) is 0 Å². The SMILES string of the molecule is Cc1ccccc1SCc1noc(-c2nccnc2N)n1. The van der Waals surface area contributed by atoms with Gasteiger partial charge in [-0.1, -0.05) is 23.4 Å². The Morgan fingerprint density at radius 1 is 1.19 bits per heavy atom. The maximum absolute atomic E-state index is 5.74. The zero-order valence-corrected chi connectivity index (χ0v) is 12.2. The molecule has 0 fully saturated rings. The lowest BCUT2D eigenvalue weighted by atomic mass is 10.2. The molecule has 2 heterocycles. The largest absolute Gasteiger partial charge is 0.382 e. The van der Waals surface area contributed by atoms with Gasteiger partial charge in [0, 0.05) is 17.3 Å². The minimum absolute atomic E-state index is 0.277. The second kappa shape index (κ2) is 5.92. The maximum atomic E-state index is 5.74. The highest BCUT2D eigenvalue weighted by Gasteiger charge is 2.14. The molecule has 6 nitrogen and oxygen atoms in total. The van der Waals surface area contributed by atoms with E-state index in [0.717, 1.165) is 0 Å². The van der Waals surface area contributed by atoms with Gasteiger partial charge in [-0.25, -0.2) is 9.97 Å². The first-order valence-corrected chi connectivity index (χ1v) is 7.30. The molecule has 3 rings (SSSR count). The fourth-order valence-electron chi connectivity index (χ4n) is 1.78. The van der Waals surface area contributed by atoms with E-state index in [2.05, 4.69) is 39.2 Å². The fourth-order valence-corrected chi connectivity index (χ4v) is 2.66. The molecule has 0 unspecified atom stereocenters. The molecule has 0 saturated carbocycles. The monoisotopic (exact) mass is 299 g/mol. The van der Waals surface area contributed by atoms with Gasteiger partial charge in [-0.2, -0.15) is 4.98 Å². The smallest absolute Gasteiger partial charge is 0.280 e. The van der Waals surface area contributed by atoms with Crippen LogP contribution in [0.25, 0.3) is 11.6 Å². The molecule has 2 aromatic heterocycles. The van der Waals surface area contributed by atoms with E-state index in [4.69, 9.17) is 10.3 Å². The average Bonchev–Trinajstić information content (AvgIpc) is 2.96. The molecular formula is C14H13N5OS. The van der Waals surface area contributed by atoms with Crippen molar-refractivity contribution in [1.82, 2.24) is 20.1 Å². The zero-order valence-electron chi connectivity index (χ0n) is 11.4. The first-order chi connectivity index (χ1) is 10.2. The average molecular weight is 299 g/mol. The van der Waals surface area contributed by atoms with Crippen LogP contribution in [0.15, 0.2) is 46.1 Å². The summed E-state index contributed by atoms with van der Waals surface area (Å²) in [5.74, 6) is 1.79. The van der Waals surface area contributed by atoms with Gasteiger partial charge in [-0.05, 0) is 18.6 Å². The number of anilines is 1. The molecule has 0 saturated heterocycles. The van der Waals surface area contributed by atoms with Gasteiger partial charge < -0.3 is 10.3 Å². The third-order valence-corrected chi connectivity index (χ3v) is 4.02. The van der Waals surface area contributed by atoms with Crippen LogP contribution in [0.2, 0.25) is 0 Å². The van der Waals surface area contributed by atoms with Crippen LogP contribution < -0.4 is 5.73 Å². The quantitative estimate of drug-likeness (QED) is 0.740. The van der Waals surface area contributed by atoms with E-state index >= 15 is 0 Å². The van der Waals surface area contributed by atoms with Crippen LogP contribution in [0.4, 0.5) is 5.82 Å². The Morgan fingerprint density at radius 3 is 2.81 bits per heavy atom. The zero-order chi connectivity index (χ0) is 14.7. The van der Waals surface area contributed by atoms with Crippen LogP contribution in [-0.2, 0) is 5.75 Å². The van der Waals surface area contributed by atoms with Crippen LogP contribution >= 0.6 is 11.8 Å². The van der Waals surface area contributed by atoms with E-state index < -0.39 is 0 Å². The van der Waals surface area contributed by atoms with Gasteiger partial charge in [0.05, 0.1) is 5.75 Å². The molecule has 1 aromatic carbocycles. The van der Waals surface area contributed by atoms with Gasteiger partial charge in [0.2, 0.25) is 0 Å². The predicted octanol–water partition coefficient (Wildman–Crippen LogP) is 2.71. The normalized spacial score (nSPS) is 10.7. The number of rotatable bonds is 4. The van der Waals surface area contributed by atoms with Crippen LogP contribution in [0, 0.1) is 6.92 Å². The number of aromatic nitrogens is 4. The number of thioether (sulfide) groups is 1. The number of hydrogen-bond donors (Lipinski definition) is 1. The molecule has 0 radical (unpaired) electrons. The molecule has 0 aliphatic carbocycles. The van der Waals surface area contributed by atoms with Crippen molar-refractivity contribution in [3.05, 3.63) is 48.0 Å². The van der Waals surface area contributed by atoms with E-state index in [9.17, 15) is 0 Å². The molecule has 7 heteroatoms. The Bertz CT molecular complexity index is 758. The topological polar surface area (TPSA) is 90.7 Å². The van der Waals surface area contributed by atoms with E-state index in [1.54, 1.807) is 11.8 Å². The van der Waals surface area contributed by atoms with Gasteiger partial charge in [0.25, 0.3) is 5.89 Å². The number of aryl methyl sites for hydroxylation is 1. The van der Waals surface area contributed by atoms with Crippen molar-refractivity contribution in [3.8, 4) is 11.6 Å². The van der Waals surface area contributed by atoms with E-state index in [1.807, 2.05) is 12.1 Å². The van der Waals surface area contributed by atoms with Crippen molar-refractivity contribution in [1.29, 1.82) is 0 Å². The second-order valence-corrected chi connectivity index (χ2v) is 5.38. The Balaban J connectivity index is 1.74.